The number of nitrogens with zero attached hydrogens (tertiary/aromatic N) is 2. The molecule has 0 radical (unpaired) electrons. The van der Waals surface area contributed by atoms with Gasteiger partial charge in [-0.05, 0) is 0 Å². The summed E-state index contributed by atoms with van der Waals surface area (Å²) >= 11 is 0. The van der Waals surface area contributed by atoms with Crippen LogP contribution in [-0.2, 0) is 19.2 Å². The molecule has 0 bridgehead atoms. The van der Waals surface area contributed by atoms with E-state index in [1.807, 2.05) is 0 Å². The van der Waals surface area contributed by atoms with Gasteiger partial charge in [0.1, 0.15) is 0 Å². The van der Waals surface area contributed by atoms with Crippen LogP contribution in [0.4, 0.5) is 0 Å². The Bertz CT molecular complexity index is 384. The zero-order valence-corrected chi connectivity index (χ0v) is 11.8. The van der Waals surface area contributed by atoms with Crippen LogP contribution >= 0.6 is 0 Å². The van der Waals surface area contributed by atoms with Gasteiger partial charge in [-0.2, -0.15) is 0 Å². The van der Waals surface area contributed by atoms with Gasteiger partial charge in [0.25, 0.3) is 0 Å². The summed E-state index contributed by atoms with van der Waals surface area (Å²) in [5.41, 5.74) is 20.3. The smallest absolute Gasteiger partial charge is 0.231 e. The first-order valence-electron chi connectivity index (χ1n) is 6.28. The highest BCUT2D eigenvalue weighted by atomic mass is 16.2. The van der Waals surface area contributed by atoms with Crippen molar-refractivity contribution in [2.24, 2.45) is 22.9 Å². The van der Waals surface area contributed by atoms with E-state index in [0.29, 0.717) is 6.54 Å². The second kappa shape index (κ2) is 9.66. The molecule has 10 heteroatoms. The molecule has 0 aromatic rings. The first-order valence-corrected chi connectivity index (χ1v) is 6.28. The lowest BCUT2D eigenvalue weighted by atomic mass is 10.3. The van der Waals surface area contributed by atoms with Crippen LogP contribution in [0.5, 0.6) is 0 Å². The molecular formula is C11H22N6O4. The third-order valence-electron chi connectivity index (χ3n) is 2.55. The molecule has 0 fully saturated rings. The monoisotopic (exact) mass is 302 g/mol. The Morgan fingerprint density at radius 1 is 0.571 bits per heavy atom. The van der Waals surface area contributed by atoms with Gasteiger partial charge in [0.15, 0.2) is 0 Å². The molecule has 0 rings (SSSR count). The lowest BCUT2D eigenvalue weighted by Gasteiger charge is -2.25. The highest BCUT2D eigenvalue weighted by molar-refractivity contribution is 5.79. The summed E-state index contributed by atoms with van der Waals surface area (Å²) in [5, 5.41) is 0. The molecular weight excluding hydrogens is 280 g/mol. The van der Waals surface area contributed by atoms with E-state index < -0.39 is 23.6 Å². The number of amides is 4. The van der Waals surface area contributed by atoms with Crippen LogP contribution in [0.3, 0.4) is 0 Å². The minimum absolute atomic E-state index is 0.0612. The minimum atomic E-state index is -0.602. The number of carbonyl (C=O) groups is 4. The van der Waals surface area contributed by atoms with E-state index in [-0.39, 0.29) is 39.1 Å². The van der Waals surface area contributed by atoms with Crippen molar-refractivity contribution in [2.45, 2.75) is 6.42 Å². The summed E-state index contributed by atoms with van der Waals surface area (Å²) in [7, 11) is 0. The van der Waals surface area contributed by atoms with Crippen LogP contribution in [-0.4, -0.2) is 72.7 Å². The van der Waals surface area contributed by atoms with Gasteiger partial charge < -0.3 is 22.9 Å². The third kappa shape index (κ3) is 11.3. The van der Waals surface area contributed by atoms with Crippen molar-refractivity contribution in [1.82, 2.24) is 9.80 Å². The van der Waals surface area contributed by atoms with Crippen molar-refractivity contribution in [3.05, 3.63) is 0 Å². The van der Waals surface area contributed by atoms with Crippen LogP contribution in [0.2, 0.25) is 0 Å². The maximum atomic E-state index is 11.0. The zero-order valence-electron chi connectivity index (χ0n) is 11.8. The second-order valence-electron chi connectivity index (χ2n) is 4.60. The lowest BCUT2D eigenvalue weighted by Crippen LogP contribution is -2.45. The highest BCUT2D eigenvalue weighted by Crippen LogP contribution is 1.95. The molecule has 0 aliphatic carbocycles. The largest absolute Gasteiger partial charge is 0.370 e. The van der Waals surface area contributed by atoms with Crippen LogP contribution < -0.4 is 22.9 Å². The van der Waals surface area contributed by atoms with Crippen LogP contribution in [0, 0.1) is 0 Å². The Kier molecular flexibility index (Phi) is 8.65. The number of hydrogen-bond acceptors (Lipinski definition) is 6. The Morgan fingerprint density at radius 3 is 1.33 bits per heavy atom. The van der Waals surface area contributed by atoms with E-state index >= 15 is 0 Å². The molecule has 10 nitrogen and oxygen atoms in total. The third-order valence-corrected chi connectivity index (χ3v) is 2.55. The molecule has 4 amide bonds. The van der Waals surface area contributed by atoms with E-state index in [1.165, 1.54) is 4.90 Å². The topological polar surface area (TPSA) is 179 Å². The molecule has 120 valence electrons. The summed E-state index contributed by atoms with van der Waals surface area (Å²) in [5.74, 6) is -2.27. The van der Waals surface area contributed by atoms with Gasteiger partial charge in [0.05, 0.1) is 19.6 Å². The predicted octanol–water partition coefficient (Wildman–Crippen LogP) is -4.08. The molecule has 8 N–H and O–H groups in total. The Morgan fingerprint density at radius 2 is 0.952 bits per heavy atom. The molecule has 0 aliphatic heterocycles. The van der Waals surface area contributed by atoms with Crippen LogP contribution in [0.15, 0.2) is 0 Å². The fraction of sp³-hybridized carbons (Fsp3) is 0.636. The van der Waals surface area contributed by atoms with Crippen molar-refractivity contribution < 1.29 is 19.2 Å². The summed E-state index contributed by atoms with van der Waals surface area (Å²) in [4.78, 5) is 46.6. The summed E-state index contributed by atoms with van der Waals surface area (Å²) in [6.07, 6.45) is 0.0684. The lowest BCUT2D eigenvalue weighted by molar-refractivity contribution is -0.123. The quantitative estimate of drug-likeness (QED) is 0.284. The SMILES string of the molecule is NC(=O)CCN(CCN(CC(N)=O)CC(N)=O)CC(N)=O. The average molecular weight is 302 g/mol. The first-order chi connectivity index (χ1) is 9.70. The van der Waals surface area contributed by atoms with Crippen molar-refractivity contribution in [3.8, 4) is 0 Å². The Hall–Kier alpha value is -2.20. The fourth-order valence-corrected chi connectivity index (χ4v) is 1.70. The minimum Gasteiger partial charge on any atom is -0.370 e. The zero-order chi connectivity index (χ0) is 16.4. The molecule has 0 aromatic carbocycles. The van der Waals surface area contributed by atoms with Gasteiger partial charge in [-0.15, -0.1) is 0 Å². The van der Waals surface area contributed by atoms with Crippen molar-refractivity contribution in [3.63, 3.8) is 0 Å². The molecule has 0 saturated heterocycles. The van der Waals surface area contributed by atoms with Gasteiger partial charge >= 0.3 is 0 Å². The standard InChI is InChI=1S/C11H22N6O4/c12-8(18)1-2-16(5-9(13)19)3-4-17(6-10(14)20)7-11(15)21/h1-7H2,(H2,12,18)(H2,13,19)(H2,14,20)(H2,15,21). The highest BCUT2D eigenvalue weighted by Gasteiger charge is 2.15. The fourth-order valence-electron chi connectivity index (χ4n) is 1.70. The van der Waals surface area contributed by atoms with E-state index in [0.717, 1.165) is 0 Å². The van der Waals surface area contributed by atoms with E-state index in [9.17, 15) is 19.2 Å². The summed E-state index contributed by atoms with van der Waals surface area (Å²) in [6, 6.07) is 0. The average Bonchev–Trinajstić information content (AvgIpc) is 2.30. The first kappa shape index (κ1) is 18.8. The number of primary amides is 4. The maximum Gasteiger partial charge on any atom is 0.231 e. The van der Waals surface area contributed by atoms with E-state index in [1.54, 1.807) is 4.90 Å². The van der Waals surface area contributed by atoms with E-state index in [2.05, 4.69) is 0 Å². The molecule has 0 heterocycles. The van der Waals surface area contributed by atoms with Crippen LogP contribution in [0.25, 0.3) is 0 Å². The number of nitrogens with two attached hydrogens (primary N) is 4. The van der Waals surface area contributed by atoms with Gasteiger partial charge in [-0.25, -0.2) is 0 Å². The molecule has 0 spiro atoms. The van der Waals surface area contributed by atoms with Gasteiger partial charge in [0.2, 0.25) is 23.6 Å². The van der Waals surface area contributed by atoms with Gasteiger partial charge in [-0.1, -0.05) is 0 Å². The summed E-state index contributed by atoms with van der Waals surface area (Å²) < 4.78 is 0. The molecule has 0 atom stereocenters. The van der Waals surface area contributed by atoms with Gasteiger partial charge in [-0.3, -0.25) is 29.0 Å². The molecule has 0 aliphatic rings. The Labute approximate surface area is 122 Å². The van der Waals surface area contributed by atoms with Crippen LogP contribution in [0.1, 0.15) is 6.42 Å². The number of hydrogen-bond donors (Lipinski definition) is 4. The second-order valence-corrected chi connectivity index (χ2v) is 4.60. The predicted molar refractivity (Wildman–Crippen MR) is 74.3 cm³/mol. The van der Waals surface area contributed by atoms with Crippen molar-refractivity contribution in [2.75, 3.05) is 39.3 Å². The number of carbonyl (C=O) groups excluding carboxylic acids is 4. The van der Waals surface area contributed by atoms with Gasteiger partial charge in [0, 0.05) is 26.1 Å². The molecule has 0 aromatic heterocycles. The molecule has 21 heavy (non-hydrogen) atoms. The molecule has 0 saturated carbocycles. The van der Waals surface area contributed by atoms with Crippen molar-refractivity contribution in [1.29, 1.82) is 0 Å². The van der Waals surface area contributed by atoms with Crippen molar-refractivity contribution >= 4 is 23.6 Å². The maximum absolute atomic E-state index is 11.0. The summed E-state index contributed by atoms with van der Waals surface area (Å²) in [6.45, 7) is 0.481. The normalized spacial score (nSPS) is 10.8. The number of rotatable bonds is 12. The van der Waals surface area contributed by atoms with E-state index in [4.69, 9.17) is 22.9 Å². The molecule has 0 unspecified atom stereocenters. The Balaban J connectivity index is 4.49.